The van der Waals surface area contributed by atoms with Gasteiger partial charge in [0.05, 0.1) is 19.8 Å². The van der Waals surface area contributed by atoms with Gasteiger partial charge in [0, 0.05) is 22.0 Å². The van der Waals surface area contributed by atoms with Gasteiger partial charge in [-0.2, -0.15) is 0 Å². The number of aliphatic hydroxyl groups is 1. The van der Waals surface area contributed by atoms with E-state index in [1.54, 1.807) is 11.8 Å². The third kappa shape index (κ3) is 4.65. The highest BCUT2D eigenvalue weighted by molar-refractivity contribution is 7.99. The van der Waals surface area contributed by atoms with Gasteiger partial charge in [-0.3, -0.25) is 4.57 Å². The lowest BCUT2D eigenvalue weighted by Crippen LogP contribution is -2.04. The Labute approximate surface area is 162 Å². The molecule has 1 N–H and O–H groups in total. The molecule has 0 amide bonds. The predicted octanol–water partition coefficient (Wildman–Crippen LogP) is 4.00. The molecule has 0 bridgehead atoms. The predicted molar refractivity (Wildman–Crippen MR) is 105 cm³/mol. The van der Waals surface area contributed by atoms with E-state index in [9.17, 15) is 0 Å². The van der Waals surface area contributed by atoms with E-state index in [1.807, 2.05) is 28.8 Å². The monoisotopic (exact) mass is 389 g/mol. The Kier molecular flexibility index (Phi) is 6.68. The molecule has 0 saturated carbocycles. The average Bonchev–Trinajstić information content (AvgIpc) is 3.07. The largest absolute Gasteiger partial charge is 0.394 e. The minimum Gasteiger partial charge on any atom is -0.394 e. The maximum Gasteiger partial charge on any atom is 0.196 e. The average molecular weight is 390 g/mol. The second-order valence-corrected chi connectivity index (χ2v) is 7.17. The van der Waals surface area contributed by atoms with Crippen LogP contribution in [0.5, 0.6) is 0 Å². The molecule has 2 aromatic carbocycles. The van der Waals surface area contributed by atoms with E-state index in [0.29, 0.717) is 18.2 Å². The molecule has 1 heterocycles. The number of thioether (sulfide) groups is 1. The summed E-state index contributed by atoms with van der Waals surface area (Å²) in [6.45, 7) is 2.98. The van der Waals surface area contributed by atoms with Gasteiger partial charge in [0.25, 0.3) is 0 Å². The number of aliphatic hydroxyl groups excluding tert-OH is 1. The highest BCUT2D eigenvalue weighted by atomic mass is 35.5. The van der Waals surface area contributed by atoms with E-state index in [-0.39, 0.29) is 6.61 Å². The van der Waals surface area contributed by atoms with Crippen LogP contribution >= 0.6 is 23.4 Å². The summed E-state index contributed by atoms with van der Waals surface area (Å²) in [6, 6.07) is 15.8. The molecular formula is C19H20ClN3O2S. The summed E-state index contributed by atoms with van der Waals surface area (Å²) < 4.78 is 7.37. The number of nitrogens with zero attached hydrogens (tertiary/aromatic N) is 3. The van der Waals surface area contributed by atoms with E-state index in [1.165, 1.54) is 5.56 Å². The molecule has 0 unspecified atom stereocenters. The molecule has 0 aliphatic carbocycles. The number of aromatic nitrogens is 3. The number of ether oxygens (including phenoxy) is 1. The standard InChI is InChI=1S/C19H20ClN3O2S/c1-14-2-8-17(9-3-14)23-18(15-4-6-16(20)7-5-15)21-22-19(23)26-13-12-25-11-10-24/h2-9,24H,10-13H2,1H3. The van der Waals surface area contributed by atoms with Crippen LogP contribution in [0, 0.1) is 6.92 Å². The normalized spacial score (nSPS) is 11.0. The number of halogens is 1. The second kappa shape index (κ2) is 9.19. The molecule has 0 saturated heterocycles. The van der Waals surface area contributed by atoms with Crippen LogP contribution in [-0.2, 0) is 4.74 Å². The third-order valence-electron chi connectivity index (χ3n) is 3.72. The van der Waals surface area contributed by atoms with Gasteiger partial charge in [0.1, 0.15) is 0 Å². The minimum atomic E-state index is 0.0327. The van der Waals surface area contributed by atoms with Crippen LogP contribution in [-0.4, -0.2) is 45.4 Å². The smallest absolute Gasteiger partial charge is 0.196 e. The van der Waals surface area contributed by atoms with Crippen molar-refractivity contribution in [1.82, 2.24) is 14.8 Å². The first-order chi connectivity index (χ1) is 12.7. The molecule has 0 radical (unpaired) electrons. The Morgan fingerprint density at radius 3 is 2.46 bits per heavy atom. The molecule has 3 rings (SSSR count). The van der Waals surface area contributed by atoms with Crippen molar-refractivity contribution in [3.05, 3.63) is 59.1 Å². The van der Waals surface area contributed by atoms with Gasteiger partial charge < -0.3 is 9.84 Å². The molecule has 7 heteroatoms. The highest BCUT2D eigenvalue weighted by Crippen LogP contribution is 2.28. The van der Waals surface area contributed by atoms with Crippen LogP contribution in [0.1, 0.15) is 5.56 Å². The number of benzene rings is 2. The number of hydrogen-bond donors (Lipinski definition) is 1. The van der Waals surface area contributed by atoms with Gasteiger partial charge in [-0.1, -0.05) is 41.1 Å². The molecule has 0 aliphatic heterocycles. The lowest BCUT2D eigenvalue weighted by atomic mass is 10.2. The summed E-state index contributed by atoms with van der Waals surface area (Å²) >= 11 is 7.58. The summed E-state index contributed by atoms with van der Waals surface area (Å²) in [5.41, 5.74) is 3.15. The Bertz CT molecular complexity index is 835. The van der Waals surface area contributed by atoms with Crippen LogP contribution < -0.4 is 0 Å². The fourth-order valence-electron chi connectivity index (χ4n) is 2.43. The van der Waals surface area contributed by atoms with Gasteiger partial charge in [-0.15, -0.1) is 10.2 Å². The van der Waals surface area contributed by atoms with Crippen molar-refractivity contribution in [2.45, 2.75) is 12.1 Å². The molecule has 0 aliphatic rings. The SMILES string of the molecule is Cc1ccc(-n2c(SCCOCCO)nnc2-c2ccc(Cl)cc2)cc1. The Morgan fingerprint density at radius 2 is 1.77 bits per heavy atom. The third-order valence-corrected chi connectivity index (χ3v) is 4.87. The molecule has 3 aromatic rings. The zero-order chi connectivity index (χ0) is 18.4. The first-order valence-corrected chi connectivity index (χ1v) is 9.65. The topological polar surface area (TPSA) is 60.2 Å². The van der Waals surface area contributed by atoms with Crippen molar-refractivity contribution in [3.8, 4) is 17.1 Å². The van der Waals surface area contributed by atoms with Crippen molar-refractivity contribution in [1.29, 1.82) is 0 Å². The number of hydrogen-bond acceptors (Lipinski definition) is 5. The molecule has 0 atom stereocenters. The fraction of sp³-hybridized carbons (Fsp3) is 0.263. The molecule has 136 valence electrons. The van der Waals surface area contributed by atoms with Crippen LogP contribution in [0.2, 0.25) is 5.02 Å². The number of aryl methyl sites for hydroxylation is 1. The second-order valence-electron chi connectivity index (χ2n) is 5.67. The summed E-state index contributed by atoms with van der Waals surface area (Å²) in [5.74, 6) is 1.49. The Hall–Kier alpha value is -1.86. The van der Waals surface area contributed by atoms with Crippen LogP contribution in [0.15, 0.2) is 53.7 Å². The summed E-state index contributed by atoms with van der Waals surface area (Å²) in [6.07, 6.45) is 0. The molecule has 0 fully saturated rings. The maximum atomic E-state index is 8.78. The van der Waals surface area contributed by atoms with Gasteiger partial charge in [-0.25, -0.2) is 0 Å². The molecular weight excluding hydrogens is 370 g/mol. The van der Waals surface area contributed by atoms with Crippen LogP contribution in [0.3, 0.4) is 0 Å². The Balaban J connectivity index is 1.91. The van der Waals surface area contributed by atoms with Crippen LogP contribution in [0.4, 0.5) is 0 Å². The first-order valence-electron chi connectivity index (χ1n) is 8.29. The highest BCUT2D eigenvalue weighted by Gasteiger charge is 2.16. The summed E-state index contributed by atoms with van der Waals surface area (Å²) in [5, 5.41) is 19.0. The van der Waals surface area contributed by atoms with E-state index >= 15 is 0 Å². The Morgan fingerprint density at radius 1 is 1.04 bits per heavy atom. The lowest BCUT2D eigenvalue weighted by molar-refractivity contribution is 0.103. The summed E-state index contributed by atoms with van der Waals surface area (Å²) in [4.78, 5) is 0. The molecule has 5 nitrogen and oxygen atoms in total. The van der Waals surface area contributed by atoms with E-state index in [4.69, 9.17) is 21.4 Å². The zero-order valence-corrected chi connectivity index (χ0v) is 16.0. The molecule has 1 aromatic heterocycles. The van der Waals surface area contributed by atoms with E-state index in [2.05, 4.69) is 41.4 Å². The molecule has 0 spiro atoms. The van der Waals surface area contributed by atoms with Crippen molar-refractivity contribution >= 4 is 23.4 Å². The quantitative estimate of drug-likeness (QED) is 0.466. The number of rotatable bonds is 8. The fourth-order valence-corrected chi connectivity index (χ4v) is 3.36. The van der Waals surface area contributed by atoms with E-state index in [0.717, 1.165) is 28.0 Å². The van der Waals surface area contributed by atoms with Gasteiger partial charge in [0.15, 0.2) is 11.0 Å². The van der Waals surface area contributed by atoms with E-state index < -0.39 is 0 Å². The molecule has 26 heavy (non-hydrogen) atoms. The van der Waals surface area contributed by atoms with Crippen molar-refractivity contribution < 1.29 is 9.84 Å². The van der Waals surface area contributed by atoms with Gasteiger partial charge >= 0.3 is 0 Å². The maximum absolute atomic E-state index is 8.78. The zero-order valence-electron chi connectivity index (χ0n) is 14.4. The minimum absolute atomic E-state index is 0.0327. The van der Waals surface area contributed by atoms with Crippen molar-refractivity contribution in [3.63, 3.8) is 0 Å². The van der Waals surface area contributed by atoms with Crippen molar-refractivity contribution in [2.24, 2.45) is 0 Å². The first kappa shape index (κ1) is 18.9. The van der Waals surface area contributed by atoms with Gasteiger partial charge in [0.2, 0.25) is 0 Å². The lowest BCUT2D eigenvalue weighted by Gasteiger charge is -2.11. The van der Waals surface area contributed by atoms with Gasteiger partial charge in [-0.05, 0) is 43.3 Å². The van der Waals surface area contributed by atoms with Crippen LogP contribution in [0.25, 0.3) is 17.1 Å². The summed E-state index contributed by atoms with van der Waals surface area (Å²) in [7, 11) is 0. The van der Waals surface area contributed by atoms with Crippen molar-refractivity contribution in [2.75, 3.05) is 25.6 Å².